The van der Waals surface area contributed by atoms with Crippen molar-refractivity contribution in [3.63, 3.8) is 0 Å². The molecule has 0 radical (unpaired) electrons. The van der Waals surface area contributed by atoms with Crippen LogP contribution in [0.3, 0.4) is 0 Å². The van der Waals surface area contributed by atoms with E-state index in [4.69, 9.17) is 5.11 Å². The largest absolute Gasteiger partial charge is 0.481 e. The molecule has 2 rings (SSSR count). The van der Waals surface area contributed by atoms with Crippen LogP contribution in [0.25, 0.3) is 0 Å². The van der Waals surface area contributed by atoms with Crippen molar-refractivity contribution in [1.82, 2.24) is 14.9 Å². The van der Waals surface area contributed by atoms with Crippen LogP contribution in [0.2, 0.25) is 0 Å². The van der Waals surface area contributed by atoms with E-state index in [0.717, 1.165) is 12.8 Å². The zero-order chi connectivity index (χ0) is 13.7. The fourth-order valence-corrected chi connectivity index (χ4v) is 2.38. The van der Waals surface area contributed by atoms with E-state index in [0.29, 0.717) is 25.2 Å². The first-order valence-corrected chi connectivity index (χ1v) is 6.44. The van der Waals surface area contributed by atoms with Crippen LogP contribution in [-0.4, -0.2) is 44.9 Å². The Bertz CT molecular complexity index is 450. The molecule has 1 saturated heterocycles. The number of piperidine rings is 1. The lowest BCUT2D eigenvalue weighted by atomic mass is 9.93. The number of hydrogen-bond donors (Lipinski definition) is 1. The third-order valence-electron chi connectivity index (χ3n) is 3.35. The quantitative estimate of drug-likeness (QED) is 0.882. The molecule has 0 aliphatic carbocycles. The third kappa shape index (κ3) is 3.74. The van der Waals surface area contributed by atoms with E-state index < -0.39 is 5.97 Å². The molecule has 6 heteroatoms. The topological polar surface area (TPSA) is 83.4 Å². The van der Waals surface area contributed by atoms with E-state index in [1.807, 2.05) is 0 Å². The van der Waals surface area contributed by atoms with Gasteiger partial charge in [0.2, 0.25) is 0 Å². The zero-order valence-corrected chi connectivity index (χ0v) is 10.7. The Kier molecular flexibility index (Phi) is 4.43. The summed E-state index contributed by atoms with van der Waals surface area (Å²) in [7, 11) is 0. The van der Waals surface area contributed by atoms with Crippen molar-refractivity contribution in [2.24, 2.45) is 5.92 Å². The number of carbonyl (C=O) groups is 2. The molecule has 0 saturated carbocycles. The molecule has 1 N–H and O–H groups in total. The lowest BCUT2D eigenvalue weighted by molar-refractivity contribution is -0.137. The molecule has 2 heterocycles. The smallest absolute Gasteiger partial charge is 0.303 e. The van der Waals surface area contributed by atoms with Crippen LogP contribution in [-0.2, 0) is 4.79 Å². The number of carbonyl (C=O) groups excluding carboxylic acids is 1. The SMILES string of the molecule is O=C(O)CCC1CCCN(C(=O)c2cnccn2)C1. The Morgan fingerprint density at radius 1 is 1.42 bits per heavy atom. The van der Waals surface area contributed by atoms with Crippen LogP contribution in [0.15, 0.2) is 18.6 Å². The van der Waals surface area contributed by atoms with E-state index >= 15 is 0 Å². The highest BCUT2D eigenvalue weighted by Crippen LogP contribution is 2.21. The number of amides is 1. The van der Waals surface area contributed by atoms with Gasteiger partial charge in [-0.1, -0.05) is 0 Å². The molecule has 0 bridgehead atoms. The zero-order valence-electron chi connectivity index (χ0n) is 10.7. The summed E-state index contributed by atoms with van der Waals surface area (Å²) in [5.41, 5.74) is 0.349. The molecule has 1 aliphatic rings. The van der Waals surface area contributed by atoms with Crippen molar-refractivity contribution in [3.05, 3.63) is 24.3 Å². The molecule has 1 atom stereocenters. The summed E-state index contributed by atoms with van der Waals surface area (Å²) < 4.78 is 0. The lowest BCUT2D eigenvalue weighted by Crippen LogP contribution is -2.40. The number of carboxylic acids is 1. The maximum absolute atomic E-state index is 12.2. The van der Waals surface area contributed by atoms with E-state index in [2.05, 4.69) is 9.97 Å². The van der Waals surface area contributed by atoms with E-state index in [1.165, 1.54) is 18.6 Å². The number of rotatable bonds is 4. The summed E-state index contributed by atoms with van der Waals surface area (Å²) in [5, 5.41) is 8.70. The summed E-state index contributed by atoms with van der Waals surface area (Å²) in [6.07, 6.45) is 7.18. The van der Waals surface area contributed by atoms with Gasteiger partial charge in [-0.2, -0.15) is 0 Å². The second kappa shape index (κ2) is 6.26. The minimum atomic E-state index is -0.780. The molecule has 1 aromatic heterocycles. The predicted octanol–water partition coefficient (Wildman–Crippen LogP) is 1.19. The molecule has 1 aromatic rings. The fourth-order valence-electron chi connectivity index (χ4n) is 2.38. The lowest BCUT2D eigenvalue weighted by Gasteiger charge is -2.32. The van der Waals surface area contributed by atoms with Gasteiger partial charge < -0.3 is 10.0 Å². The van der Waals surface area contributed by atoms with Crippen molar-refractivity contribution in [2.75, 3.05) is 13.1 Å². The van der Waals surface area contributed by atoms with Crippen molar-refractivity contribution in [3.8, 4) is 0 Å². The van der Waals surface area contributed by atoms with Gasteiger partial charge in [-0.3, -0.25) is 14.6 Å². The highest BCUT2D eigenvalue weighted by atomic mass is 16.4. The minimum absolute atomic E-state index is 0.117. The molecule has 1 amide bonds. The molecule has 6 nitrogen and oxygen atoms in total. The average Bonchev–Trinajstić information content (AvgIpc) is 2.45. The van der Waals surface area contributed by atoms with Crippen molar-refractivity contribution < 1.29 is 14.7 Å². The monoisotopic (exact) mass is 263 g/mol. The Morgan fingerprint density at radius 3 is 2.95 bits per heavy atom. The maximum Gasteiger partial charge on any atom is 0.303 e. The average molecular weight is 263 g/mol. The van der Waals surface area contributed by atoms with Crippen LogP contribution >= 0.6 is 0 Å². The standard InChI is InChI=1S/C13H17N3O3/c17-12(18)4-3-10-2-1-7-16(9-10)13(19)11-8-14-5-6-15-11/h5-6,8,10H,1-4,7,9H2,(H,17,18). The number of carboxylic acid groups (broad SMARTS) is 1. The van der Waals surface area contributed by atoms with E-state index in [9.17, 15) is 9.59 Å². The summed E-state index contributed by atoms with van der Waals surface area (Å²) in [5.74, 6) is -0.629. The number of aromatic nitrogens is 2. The van der Waals surface area contributed by atoms with Crippen LogP contribution in [0.5, 0.6) is 0 Å². The fraction of sp³-hybridized carbons (Fsp3) is 0.538. The highest BCUT2D eigenvalue weighted by molar-refractivity contribution is 5.92. The minimum Gasteiger partial charge on any atom is -0.481 e. The number of hydrogen-bond acceptors (Lipinski definition) is 4. The van der Waals surface area contributed by atoms with Gasteiger partial charge in [-0.05, 0) is 25.2 Å². The number of nitrogens with zero attached hydrogens (tertiary/aromatic N) is 3. The Hall–Kier alpha value is -1.98. The van der Waals surface area contributed by atoms with Crippen molar-refractivity contribution in [1.29, 1.82) is 0 Å². The first-order valence-electron chi connectivity index (χ1n) is 6.44. The molecule has 1 fully saturated rings. The summed E-state index contributed by atoms with van der Waals surface area (Å²) >= 11 is 0. The Balaban J connectivity index is 1.93. The second-order valence-corrected chi connectivity index (χ2v) is 4.78. The normalized spacial score (nSPS) is 19.2. The molecular formula is C13H17N3O3. The second-order valence-electron chi connectivity index (χ2n) is 4.78. The van der Waals surface area contributed by atoms with Crippen LogP contribution < -0.4 is 0 Å². The van der Waals surface area contributed by atoms with Crippen LogP contribution in [0.1, 0.15) is 36.2 Å². The van der Waals surface area contributed by atoms with Gasteiger partial charge in [0.15, 0.2) is 0 Å². The van der Waals surface area contributed by atoms with E-state index in [-0.39, 0.29) is 18.2 Å². The molecule has 0 spiro atoms. The Morgan fingerprint density at radius 2 is 2.26 bits per heavy atom. The van der Waals surface area contributed by atoms with Gasteiger partial charge in [0.05, 0.1) is 6.20 Å². The first kappa shape index (κ1) is 13.5. The highest BCUT2D eigenvalue weighted by Gasteiger charge is 2.25. The molecule has 102 valence electrons. The summed E-state index contributed by atoms with van der Waals surface area (Å²) in [4.78, 5) is 32.4. The van der Waals surface area contributed by atoms with Gasteiger partial charge in [0, 0.05) is 31.9 Å². The molecular weight excluding hydrogens is 246 g/mol. The molecule has 1 aliphatic heterocycles. The van der Waals surface area contributed by atoms with Crippen LogP contribution in [0, 0.1) is 5.92 Å². The van der Waals surface area contributed by atoms with Gasteiger partial charge in [-0.15, -0.1) is 0 Å². The Labute approximate surface area is 111 Å². The predicted molar refractivity (Wildman–Crippen MR) is 67.5 cm³/mol. The van der Waals surface area contributed by atoms with Crippen molar-refractivity contribution >= 4 is 11.9 Å². The molecule has 19 heavy (non-hydrogen) atoms. The molecule has 1 unspecified atom stereocenters. The van der Waals surface area contributed by atoms with Gasteiger partial charge in [-0.25, -0.2) is 4.98 Å². The van der Waals surface area contributed by atoms with Gasteiger partial charge in [0.25, 0.3) is 5.91 Å². The van der Waals surface area contributed by atoms with Crippen molar-refractivity contribution in [2.45, 2.75) is 25.7 Å². The number of aliphatic carboxylic acids is 1. The van der Waals surface area contributed by atoms with E-state index in [1.54, 1.807) is 4.90 Å². The number of likely N-dealkylation sites (tertiary alicyclic amines) is 1. The maximum atomic E-state index is 12.2. The first-order chi connectivity index (χ1) is 9.16. The van der Waals surface area contributed by atoms with Gasteiger partial charge >= 0.3 is 5.97 Å². The third-order valence-corrected chi connectivity index (χ3v) is 3.35. The summed E-state index contributed by atoms with van der Waals surface area (Å²) in [6.45, 7) is 1.32. The molecule has 0 aromatic carbocycles. The summed E-state index contributed by atoms with van der Waals surface area (Å²) in [6, 6.07) is 0. The van der Waals surface area contributed by atoms with Crippen LogP contribution in [0.4, 0.5) is 0 Å². The van der Waals surface area contributed by atoms with Gasteiger partial charge in [0.1, 0.15) is 5.69 Å².